The van der Waals surface area contributed by atoms with E-state index in [2.05, 4.69) is 5.32 Å². The van der Waals surface area contributed by atoms with E-state index in [1.807, 2.05) is 20.8 Å². The van der Waals surface area contributed by atoms with Gasteiger partial charge in [0.05, 0.1) is 6.54 Å². The number of halogens is 3. The van der Waals surface area contributed by atoms with E-state index < -0.39 is 12.7 Å². The summed E-state index contributed by atoms with van der Waals surface area (Å²) in [4.78, 5) is 1.57. The van der Waals surface area contributed by atoms with Crippen molar-refractivity contribution in [2.45, 2.75) is 51.4 Å². The van der Waals surface area contributed by atoms with E-state index in [1.165, 1.54) is 0 Å². The van der Waals surface area contributed by atoms with E-state index in [-0.39, 0.29) is 11.6 Å². The third-order valence-electron chi connectivity index (χ3n) is 2.94. The predicted octanol–water partition coefficient (Wildman–Crippen LogP) is 2.40. The molecule has 0 aromatic rings. The number of rotatable bonds is 3. The van der Waals surface area contributed by atoms with Crippen LogP contribution in [0.5, 0.6) is 0 Å². The van der Waals surface area contributed by atoms with Crippen LogP contribution < -0.4 is 5.32 Å². The van der Waals surface area contributed by atoms with Crippen LogP contribution in [0.1, 0.15) is 33.6 Å². The molecule has 0 bridgehead atoms. The molecule has 0 aliphatic carbocycles. The maximum atomic E-state index is 12.4. The zero-order chi connectivity index (χ0) is 12.4. The fourth-order valence-corrected chi connectivity index (χ4v) is 2.25. The molecule has 0 amide bonds. The number of nitrogens with one attached hydrogen (secondary N) is 1. The van der Waals surface area contributed by atoms with Crippen molar-refractivity contribution in [3.05, 3.63) is 0 Å². The van der Waals surface area contributed by atoms with Crippen LogP contribution in [0.15, 0.2) is 0 Å². The lowest BCUT2D eigenvalue weighted by molar-refractivity contribution is -0.156. The second-order valence-electron chi connectivity index (χ2n) is 5.23. The Morgan fingerprint density at radius 2 is 2.00 bits per heavy atom. The van der Waals surface area contributed by atoms with Gasteiger partial charge in [0.15, 0.2) is 0 Å². The lowest BCUT2D eigenvalue weighted by atomic mass is 9.96. The van der Waals surface area contributed by atoms with E-state index in [1.54, 1.807) is 4.90 Å². The Morgan fingerprint density at radius 3 is 2.50 bits per heavy atom. The highest BCUT2D eigenvalue weighted by atomic mass is 19.4. The highest BCUT2D eigenvalue weighted by Gasteiger charge is 2.38. The molecule has 5 heteroatoms. The second kappa shape index (κ2) is 4.92. The third-order valence-corrected chi connectivity index (χ3v) is 2.94. The molecular weight excluding hydrogens is 217 g/mol. The Hall–Kier alpha value is -0.290. The van der Waals surface area contributed by atoms with E-state index in [9.17, 15) is 13.2 Å². The molecule has 1 heterocycles. The fraction of sp³-hybridized carbons (Fsp3) is 1.00. The van der Waals surface area contributed by atoms with Crippen molar-refractivity contribution in [2.24, 2.45) is 0 Å². The summed E-state index contributed by atoms with van der Waals surface area (Å²) in [5.41, 5.74) is -0.227. The van der Waals surface area contributed by atoms with Crippen LogP contribution in [-0.2, 0) is 0 Å². The smallest absolute Gasteiger partial charge is 0.309 e. The van der Waals surface area contributed by atoms with Gasteiger partial charge in [-0.15, -0.1) is 0 Å². The molecule has 0 saturated carbocycles. The quantitative estimate of drug-likeness (QED) is 0.812. The molecule has 1 N–H and O–H groups in total. The molecule has 1 atom stereocenters. The van der Waals surface area contributed by atoms with Crippen molar-refractivity contribution in [1.82, 2.24) is 10.2 Å². The predicted molar refractivity (Wildman–Crippen MR) is 58.4 cm³/mol. The van der Waals surface area contributed by atoms with Crippen molar-refractivity contribution in [1.29, 1.82) is 0 Å². The van der Waals surface area contributed by atoms with E-state index in [4.69, 9.17) is 0 Å². The van der Waals surface area contributed by atoms with Gasteiger partial charge in [-0.1, -0.05) is 13.3 Å². The summed E-state index contributed by atoms with van der Waals surface area (Å²) >= 11 is 0. The average Bonchev–Trinajstić information content (AvgIpc) is 2.06. The van der Waals surface area contributed by atoms with Crippen molar-refractivity contribution >= 4 is 0 Å². The average molecular weight is 238 g/mol. The summed E-state index contributed by atoms with van der Waals surface area (Å²) in [7, 11) is 0. The Bertz CT molecular complexity index is 224. The van der Waals surface area contributed by atoms with Crippen LogP contribution >= 0.6 is 0 Å². The molecule has 1 aliphatic rings. The molecule has 0 aromatic heterocycles. The highest BCUT2D eigenvalue weighted by Crippen LogP contribution is 2.24. The first kappa shape index (κ1) is 13.8. The Balaban J connectivity index is 2.64. The molecule has 1 aliphatic heterocycles. The first-order valence-electron chi connectivity index (χ1n) is 5.79. The monoisotopic (exact) mass is 238 g/mol. The number of piperazine rings is 1. The fourth-order valence-electron chi connectivity index (χ4n) is 2.25. The summed E-state index contributed by atoms with van der Waals surface area (Å²) in [6.07, 6.45) is -2.36. The van der Waals surface area contributed by atoms with Gasteiger partial charge >= 0.3 is 6.18 Å². The van der Waals surface area contributed by atoms with Gasteiger partial charge in [0.25, 0.3) is 0 Å². The van der Waals surface area contributed by atoms with E-state index >= 15 is 0 Å². The van der Waals surface area contributed by atoms with Crippen LogP contribution in [0.3, 0.4) is 0 Å². The Morgan fingerprint density at radius 1 is 1.38 bits per heavy atom. The number of hydrogen-bond donors (Lipinski definition) is 1. The molecule has 1 saturated heterocycles. The van der Waals surface area contributed by atoms with Gasteiger partial charge in [0.1, 0.15) is 0 Å². The Labute approximate surface area is 95.2 Å². The molecule has 0 spiro atoms. The van der Waals surface area contributed by atoms with Crippen LogP contribution in [0.4, 0.5) is 13.2 Å². The highest BCUT2D eigenvalue weighted by molar-refractivity contribution is 4.92. The molecule has 16 heavy (non-hydrogen) atoms. The first-order valence-corrected chi connectivity index (χ1v) is 5.79. The lowest BCUT2D eigenvalue weighted by Crippen LogP contribution is -2.62. The number of alkyl halides is 3. The van der Waals surface area contributed by atoms with E-state index in [0.717, 1.165) is 12.8 Å². The van der Waals surface area contributed by atoms with Crippen LogP contribution in [0, 0.1) is 0 Å². The largest absolute Gasteiger partial charge is 0.401 e. The summed E-state index contributed by atoms with van der Waals surface area (Å²) < 4.78 is 37.3. The molecule has 2 nitrogen and oxygen atoms in total. The van der Waals surface area contributed by atoms with Crippen molar-refractivity contribution in [2.75, 3.05) is 19.6 Å². The number of hydrogen-bond acceptors (Lipinski definition) is 2. The van der Waals surface area contributed by atoms with Gasteiger partial charge in [-0.05, 0) is 20.3 Å². The SMILES string of the molecule is CCCC1CNC(C)(C)CN1CC(F)(F)F. The standard InChI is InChI=1S/C11H21F3N2/c1-4-5-9-6-15-10(2,3)7-16(9)8-11(12,13)14/h9,15H,4-8H2,1-3H3. The van der Waals surface area contributed by atoms with E-state index in [0.29, 0.717) is 13.1 Å². The molecular formula is C11H21F3N2. The minimum atomic E-state index is -4.10. The zero-order valence-electron chi connectivity index (χ0n) is 10.2. The lowest BCUT2D eigenvalue weighted by Gasteiger charge is -2.44. The summed E-state index contributed by atoms with van der Waals surface area (Å²) in [6.45, 7) is 6.21. The van der Waals surface area contributed by atoms with Gasteiger partial charge < -0.3 is 5.32 Å². The van der Waals surface area contributed by atoms with Gasteiger partial charge in [0, 0.05) is 24.7 Å². The van der Waals surface area contributed by atoms with Crippen LogP contribution in [0.25, 0.3) is 0 Å². The Kier molecular flexibility index (Phi) is 4.23. The molecule has 0 aromatic carbocycles. The minimum Gasteiger partial charge on any atom is -0.309 e. The molecule has 0 radical (unpaired) electrons. The van der Waals surface area contributed by atoms with Crippen molar-refractivity contribution in [3.63, 3.8) is 0 Å². The van der Waals surface area contributed by atoms with Crippen molar-refractivity contribution < 1.29 is 13.2 Å². The minimum absolute atomic E-state index is 0.0136. The summed E-state index contributed by atoms with van der Waals surface area (Å²) in [5, 5.41) is 3.30. The normalized spacial score (nSPS) is 27.0. The van der Waals surface area contributed by atoms with Crippen molar-refractivity contribution in [3.8, 4) is 0 Å². The first-order chi connectivity index (χ1) is 7.23. The van der Waals surface area contributed by atoms with Crippen LogP contribution in [-0.4, -0.2) is 42.3 Å². The molecule has 1 fully saturated rings. The third kappa shape index (κ3) is 4.29. The van der Waals surface area contributed by atoms with Gasteiger partial charge in [-0.25, -0.2) is 0 Å². The van der Waals surface area contributed by atoms with Gasteiger partial charge in [-0.2, -0.15) is 13.2 Å². The zero-order valence-corrected chi connectivity index (χ0v) is 10.2. The topological polar surface area (TPSA) is 15.3 Å². The molecule has 1 rings (SSSR count). The maximum Gasteiger partial charge on any atom is 0.401 e. The van der Waals surface area contributed by atoms with Gasteiger partial charge in [-0.3, -0.25) is 4.90 Å². The van der Waals surface area contributed by atoms with Crippen LogP contribution in [0.2, 0.25) is 0 Å². The second-order valence-corrected chi connectivity index (χ2v) is 5.23. The summed E-state index contributed by atoms with van der Waals surface area (Å²) in [5.74, 6) is 0. The molecule has 96 valence electrons. The van der Waals surface area contributed by atoms with Gasteiger partial charge in [0.2, 0.25) is 0 Å². The number of nitrogens with zero attached hydrogens (tertiary/aromatic N) is 1. The molecule has 1 unspecified atom stereocenters. The maximum absolute atomic E-state index is 12.4. The summed E-state index contributed by atoms with van der Waals surface area (Å²) in [6, 6.07) is 0.0136.